The van der Waals surface area contributed by atoms with Gasteiger partial charge in [-0.05, 0) is 53.1 Å². The molecule has 0 bridgehead atoms. The number of hydrogen-bond acceptors (Lipinski definition) is 5. The largest absolute Gasteiger partial charge is 0.416 e. The zero-order chi connectivity index (χ0) is 23.8. The van der Waals surface area contributed by atoms with E-state index in [0.29, 0.717) is 30.5 Å². The summed E-state index contributed by atoms with van der Waals surface area (Å²) >= 11 is 0. The molecule has 1 aromatic heterocycles. The fourth-order valence-electron chi connectivity index (χ4n) is 3.50. The van der Waals surface area contributed by atoms with Gasteiger partial charge in [0.2, 0.25) is 9.84 Å². The molecule has 11 heteroatoms. The lowest BCUT2D eigenvalue weighted by Gasteiger charge is -2.16. The number of nitrogen functional groups attached to an aromatic ring is 1. The Morgan fingerprint density at radius 3 is 2.42 bits per heavy atom. The predicted molar refractivity (Wildman–Crippen MR) is 113 cm³/mol. The number of benzene rings is 2. The molecular formula is C22H19F3N4O3S. The number of halogens is 3. The normalized spacial score (nSPS) is 13.6. The molecule has 3 aromatic rings. The molecule has 3 N–H and O–H groups in total. The number of rotatable bonds is 4. The smallest absolute Gasteiger partial charge is 0.384 e. The van der Waals surface area contributed by atoms with E-state index in [-0.39, 0.29) is 17.5 Å². The van der Waals surface area contributed by atoms with E-state index >= 15 is 0 Å². The first kappa shape index (κ1) is 22.6. The molecule has 7 nitrogen and oxygen atoms in total. The molecule has 0 saturated carbocycles. The quantitative estimate of drug-likeness (QED) is 0.597. The minimum atomic E-state index is -4.65. The lowest BCUT2D eigenvalue weighted by Crippen LogP contribution is -2.35. The standard InChI is InChI=1S/C22H19F3N4O3S/c23-22(24,25)17-2-1-3-19(9-17)33(31,32)18-6-4-14(5-7-18)10-28-21(30)29-12-15-8-20(26)27-11-16(15)13-29/h1-9,11H,10,12-13H2,(H2,26,27)(H,28,30). The third-order valence-electron chi connectivity index (χ3n) is 5.26. The summed E-state index contributed by atoms with van der Waals surface area (Å²) in [5.74, 6) is 0.385. The first-order valence-electron chi connectivity index (χ1n) is 9.81. The van der Waals surface area contributed by atoms with Crippen LogP contribution in [-0.4, -0.2) is 24.3 Å². The number of alkyl halides is 3. The topological polar surface area (TPSA) is 105 Å². The number of carbonyl (C=O) groups is 1. The Balaban J connectivity index is 1.41. The second-order valence-corrected chi connectivity index (χ2v) is 9.52. The van der Waals surface area contributed by atoms with Crippen molar-refractivity contribution >= 4 is 21.7 Å². The number of pyridine rings is 1. The van der Waals surface area contributed by atoms with Gasteiger partial charge in [-0.25, -0.2) is 18.2 Å². The third-order valence-corrected chi connectivity index (χ3v) is 7.03. The highest BCUT2D eigenvalue weighted by atomic mass is 32.2. The van der Waals surface area contributed by atoms with Crippen LogP contribution in [0.5, 0.6) is 0 Å². The fraction of sp³-hybridized carbons (Fsp3) is 0.182. The van der Waals surface area contributed by atoms with E-state index < -0.39 is 26.5 Å². The molecule has 1 aliphatic heterocycles. The first-order chi connectivity index (χ1) is 15.5. The van der Waals surface area contributed by atoms with Crippen LogP contribution in [0.15, 0.2) is 70.6 Å². The lowest BCUT2D eigenvalue weighted by atomic mass is 10.2. The van der Waals surface area contributed by atoms with E-state index in [1.54, 1.807) is 17.2 Å². The SMILES string of the molecule is Nc1cc2c(cn1)CN(C(=O)NCc1ccc(S(=O)(=O)c3cccc(C(F)(F)F)c3)cc1)C2. The second kappa shape index (κ2) is 8.39. The van der Waals surface area contributed by atoms with Crippen molar-refractivity contribution in [3.05, 3.63) is 83.0 Å². The van der Waals surface area contributed by atoms with Crippen molar-refractivity contribution < 1.29 is 26.4 Å². The lowest BCUT2D eigenvalue weighted by molar-refractivity contribution is -0.137. The van der Waals surface area contributed by atoms with Crippen molar-refractivity contribution in [1.29, 1.82) is 0 Å². The van der Waals surface area contributed by atoms with Crippen LogP contribution in [0.1, 0.15) is 22.3 Å². The van der Waals surface area contributed by atoms with E-state index in [0.717, 1.165) is 29.3 Å². The Labute approximate surface area is 188 Å². The maximum absolute atomic E-state index is 12.9. The molecule has 0 atom stereocenters. The molecule has 4 rings (SSSR count). The predicted octanol–water partition coefficient (Wildman–Crippen LogP) is 3.74. The van der Waals surface area contributed by atoms with Gasteiger partial charge in [-0.3, -0.25) is 0 Å². The number of anilines is 1. The number of fused-ring (bicyclic) bond motifs is 1. The number of nitrogens with two attached hydrogens (primary N) is 1. The summed E-state index contributed by atoms with van der Waals surface area (Å²) in [6.07, 6.45) is -3.01. The van der Waals surface area contributed by atoms with Gasteiger partial charge in [0.25, 0.3) is 0 Å². The number of nitrogens with one attached hydrogen (secondary N) is 1. The highest BCUT2D eigenvalue weighted by Gasteiger charge is 2.32. The third kappa shape index (κ3) is 4.77. The van der Waals surface area contributed by atoms with Gasteiger partial charge in [-0.2, -0.15) is 13.2 Å². The first-order valence-corrected chi connectivity index (χ1v) is 11.3. The number of urea groups is 1. The van der Waals surface area contributed by atoms with Crippen LogP contribution >= 0.6 is 0 Å². The number of carbonyl (C=O) groups excluding carboxylic acids is 1. The Morgan fingerprint density at radius 2 is 1.73 bits per heavy atom. The average Bonchev–Trinajstić information content (AvgIpc) is 3.20. The summed E-state index contributed by atoms with van der Waals surface area (Å²) in [5, 5.41) is 2.77. The van der Waals surface area contributed by atoms with Gasteiger partial charge in [-0.1, -0.05) is 18.2 Å². The van der Waals surface area contributed by atoms with Gasteiger partial charge in [0.05, 0.1) is 15.4 Å². The van der Waals surface area contributed by atoms with Crippen LogP contribution in [0.4, 0.5) is 23.8 Å². The number of aromatic nitrogens is 1. The molecule has 2 amide bonds. The van der Waals surface area contributed by atoms with Crippen LogP contribution in [0.3, 0.4) is 0 Å². The van der Waals surface area contributed by atoms with Crippen molar-refractivity contribution in [3.8, 4) is 0 Å². The molecule has 2 aromatic carbocycles. The van der Waals surface area contributed by atoms with E-state index in [1.165, 1.54) is 24.3 Å². The number of sulfone groups is 1. The maximum atomic E-state index is 12.9. The molecule has 0 aliphatic carbocycles. The summed E-state index contributed by atoms with van der Waals surface area (Å²) in [4.78, 5) is 17.5. The number of nitrogens with zero attached hydrogens (tertiary/aromatic N) is 2. The van der Waals surface area contributed by atoms with Crippen molar-refractivity contribution in [1.82, 2.24) is 15.2 Å². The molecule has 0 unspecified atom stereocenters. The van der Waals surface area contributed by atoms with Gasteiger partial charge < -0.3 is 16.0 Å². The monoisotopic (exact) mass is 476 g/mol. The van der Waals surface area contributed by atoms with Crippen LogP contribution in [0.2, 0.25) is 0 Å². The van der Waals surface area contributed by atoms with Crippen LogP contribution in [-0.2, 0) is 35.6 Å². The maximum Gasteiger partial charge on any atom is 0.416 e. The minimum absolute atomic E-state index is 0.142. The second-order valence-electron chi connectivity index (χ2n) is 7.57. The fourth-order valence-corrected chi connectivity index (χ4v) is 4.80. The van der Waals surface area contributed by atoms with Gasteiger partial charge in [-0.15, -0.1) is 0 Å². The Morgan fingerprint density at radius 1 is 1.03 bits per heavy atom. The van der Waals surface area contributed by atoms with Gasteiger partial charge in [0.1, 0.15) is 5.82 Å². The van der Waals surface area contributed by atoms with Crippen molar-refractivity contribution in [3.63, 3.8) is 0 Å². The zero-order valence-corrected chi connectivity index (χ0v) is 17.9. The van der Waals surface area contributed by atoms with Crippen molar-refractivity contribution in [2.24, 2.45) is 0 Å². The summed E-state index contributed by atoms with van der Waals surface area (Å²) in [7, 11) is -4.13. The molecule has 0 fully saturated rings. The zero-order valence-electron chi connectivity index (χ0n) is 17.1. The minimum Gasteiger partial charge on any atom is -0.384 e. The Hall–Kier alpha value is -3.60. The highest BCUT2D eigenvalue weighted by molar-refractivity contribution is 7.91. The molecule has 33 heavy (non-hydrogen) atoms. The summed E-state index contributed by atoms with van der Waals surface area (Å²) in [6.45, 7) is 0.959. The molecule has 2 heterocycles. The van der Waals surface area contributed by atoms with Crippen LogP contribution in [0, 0.1) is 0 Å². The van der Waals surface area contributed by atoms with Gasteiger partial charge >= 0.3 is 12.2 Å². The summed E-state index contributed by atoms with van der Waals surface area (Å²) in [6, 6.07) is 10.6. The van der Waals surface area contributed by atoms with Crippen LogP contribution < -0.4 is 11.1 Å². The van der Waals surface area contributed by atoms with E-state index in [2.05, 4.69) is 10.3 Å². The van der Waals surface area contributed by atoms with Crippen molar-refractivity contribution in [2.45, 2.75) is 35.6 Å². The highest BCUT2D eigenvalue weighted by Crippen LogP contribution is 2.32. The number of amides is 2. The van der Waals surface area contributed by atoms with E-state index in [4.69, 9.17) is 5.73 Å². The molecule has 172 valence electrons. The average molecular weight is 476 g/mol. The Kier molecular flexibility index (Phi) is 5.75. The molecule has 0 radical (unpaired) electrons. The summed E-state index contributed by atoms with van der Waals surface area (Å²) < 4.78 is 64.3. The molecular weight excluding hydrogens is 457 g/mol. The van der Waals surface area contributed by atoms with Gasteiger partial charge in [0, 0.05) is 25.8 Å². The van der Waals surface area contributed by atoms with E-state index in [1.807, 2.05) is 0 Å². The van der Waals surface area contributed by atoms with Gasteiger partial charge in [0.15, 0.2) is 0 Å². The Bertz CT molecular complexity index is 1310. The summed E-state index contributed by atoms with van der Waals surface area (Å²) in [5.41, 5.74) is 7.12. The van der Waals surface area contributed by atoms with Crippen LogP contribution in [0.25, 0.3) is 0 Å². The molecule has 0 spiro atoms. The molecule has 1 aliphatic rings. The molecule has 0 saturated heterocycles. The number of hydrogen-bond donors (Lipinski definition) is 2. The van der Waals surface area contributed by atoms with E-state index in [9.17, 15) is 26.4 Å². The van der Waals surface area contributed by atoms with Crippen molar-refractivity contribution in [2.75, 3.05) is 5.73 Å².